The fraction of sp³-hybridized carbons (Fsp3) is 0.552. The molecule has 2 saturated heterocycles. The molecule has 2 aliphatic rings. The van der Waals surface area contributed by atoms with E-state index in [4.69, 9.17) is 29.7 Å². The van der Waals surface area contributed by atoms with E-state index < -0.39 is 53.5 Å². The van der Waals surface area contributed by atoms with E-state index in [2.05, 4.69) is 15.3 Å². The first-order chi connectivity index (χ1) is 21.8. The minimum atomic E-state index is -1.11. The number of piperidine rings is 1. The lowest BCUT2D eigenvalue weighted by atomic mass is 9.79. The zero-order valence-corrected chi connectivity index (χ0v) is 28.7. The van der Waals surface area contributed by atoms with Gasteiger partial charge in [-0.3, -0.25) is 5.32 Å². The fourth-order valence-electron chi connectivity index (χ4n) is 5.25. The monoisotopic (exact) mass is 692 g/mol. The number of nitrogens with two attached hydrogens (primary N) is 1. The van der Waals surface area contributed by atoms with E-state index >= 15 is 0 Å². The number of nitrogens with one attached hydrogen (secondary N) is 1. The van der Waals surface area contributed by atoms with Crippen molar-refractivity contribution in [3.05, 3.63) is 48.2 Å². The second-order valence-corrected chi connectivity index (χ2v) is 14.4. The number of carbonyl (C=O) groups is 4. The van der Waals surface area contributed by atoms with Crippen molar-refractivity contribution in [2.75, 3.05) is 13.2 Å². The van der Waals surface area contributed by atoms with E-state index in [9.17, 15) is 19.2 Å². The summed E-state index contributed by atoms with van der Waals surface area (Å²) in [7, 11) is 0. The Morgan fingerprint density at radius 3 is 2.30 bits per heavy atom. The summed E-state index contributed by atoms with van der Waals surface area (Å²) in [5.74, 6) is -1.04. The minimum absolute atomic E-state index is 0.161. The van der Waals surface area contributed by atoms with Crippen LogP contribution in [0.1, 0.15) is 114 Å². The number of esters is 2. The van der Waals surface area contributed by atoms with Crippen LogP contribution in [0.3, 0.4) is 0 Å². The molecule has 17 heteroatoms. The smallest absolute Gasteiger partial charge is 0.420 e. The summed E-state index contributed by atoms with van der Waals surface area (Å²) in [6, 6.07) is -1.76. The molecule has 14 nitrogen and oxygen atoms in total. The maximum absolute atomic E-state index is 13.1. The Morgan fingerprint density at radius 2 is 1.65 bits per heavy atom. The van der Waals surface area contributed by atoms with Gasteiger partial charge in [0.05, 0.1) is 36.5 Å². The van der Waals surface area contributed by atoms with E-state index in [0.717, 1.165) is 4.90 Å². The SMILES string of the molecule is CCOC(=O)c1csc([C@H]2CC[C@](N)(c3nc(C(=O)OCC)cs3)[C@@H](c3csc([C@@H]4[C@@H](C)OC(=O)N4C(=O)OC(C)(C)C)n3)N2)n1. The number of hydrogen-bond acceptors (Lipinski definition) is 16. The van der Waals surface area contributed by atoms with Crippen molar-refractivity contribution >= 4 is 58.1 Å². The Hall–Kier alpha value is -3.51. The molecule has 0 aliphatic carbocycles. The van der Waals surface area contributed by atoms with E-state index in [1.807, 2.05) is 5.38 Å². The van der Waals surface area contributed by atoms with Gasteiger partial charge in [0.1, 0.15) is 32.8 Å². The van der Waals surface area contributed by atoms with Gasteiger partial charge in [-0.05, 0) is 54.4 Å². The number of aromatic nitrogens is 3. The molecule has 3 N–H and O–H groups in total. The Kier molecular flexibility index (Phi) is 9.79. The predicted molar refractivity (Wildman–Crippen MR) is 169 cm³/mol. The van der Waals surface area contributed by atoms with Crippen molar-refractivity contribution in [3.63, 3.8) is 0 Å². The topological polar surface area (TPSA) is 185 Å². The highest BCUT2D eigenvalue weighted by Gasteiger charge is 2.50. The van der Waals surface area contributed by atoms with Crippen molar-refractivity contribution < 1.29 is 38.1 Å². The van der Waals surface area contributed by atoms with Gasteiger partial charge in [-0.15, -0.1) is 34.0 Å². The summed E-state index contributed by atoms with van der Waals surface area (Å²) < 4.78 is 21.2. The number of nitrogens with zero attached hydrogens (tertiary/aromatic N) is 4. The molecule has 3 aromatic heterocycles. The van der Waals surface area contributed by atoms with Gasteiger partial charge in [-0.2, -0.15) is 4.90 Å². The number of amides is 2. The lowest BCUT2D eigenvalue weighted by Gasteiger charge is -2.42. The maximum Gasteiger partial charge on any atom is 0.420 e. The summed E-state index contributed by atoms with van der Waals surface area (Å²) in [4.78, 5) is 65.5. The fourth-order valence-corrected chi connectivity index (χ4v) is 8.12. The van der Waals surface area contributed by atoms with Crippen LogP contribution in [0.5, 0.6) is 0 Å². The molecule has 5 rings (SSSR count). The van der Waals surface area contributed by atoms with Crippen LogP contribution < -0.4 is 11.1 Å². The lowest BCUT2D eigenvalue weighted by Crippen LogP contribution is -2.53. The van der Waals surface area contributed by atoms with Crippen molar-refractivity contribution in [2.24, 2.45) is 5.73 Å². The minimum Gasteiger partial charge on any atom is -0.461 e. The Labute approximate surface area is 277 Å². The number of imide groups is 1. The second-order valence-electron chi connectivity index (χ2n) is 11.8. The molecule has 248 valence electrons. The Morgan fingerprint density at radius 1 is 1.02 bits per heavy atom. The van der Waals surface area contributed by atoms with Crippen molar-refractivity contribution in [1.82, 2.24) is 25.2 Å². The van der Waals surface area contributed by atoms with E-state index in [1.165, 1.54) is 34.0 Å². The summed E-state index contributed by atoms with van der Waals surface area (Å²) in [6.45, 7) is 10.7. The normalized spacial score (nSPS) is 24.8. The standard InChI is InChI=1S/C29H36N6O8S3/c1-7-40-23(36)17-12-44-21(33-17)15-9-10-29(30,25-34-18(13-46-25)24(37)41-8-2)20(31-15)16-11-45-22(32-16)19-14(3)42-26(38)35(19)27(39)43-28(4,5)6/h11-15,19-20,31H,7-10,30H2,1-6H3/t14-,15-,19+,20-,29-/m1/s1. The van der Waals surface area contributed by atoms with E-state index in [-0.39, 0.29) is 30.6 Å². The number of ether oxygens (including phenoxy) is 4. The quantitative estimate of drug-likeness (QED) is 0.231. The van der Waals surface area contributed by atoms with Crippen LogP contribution in [0.25, 0.3) is 0 Å². The molecule has 2 amide bonds. The van der Waals surface area contributed by atoms with Gasteiger partial charge < -0.3 is 24.7 Å². The van der Waals surface area contributed by atoms with Gasteiger partial charge in [0.15, 0.2) is 11.4 Å². The zero-order chi connectivity index (χ0) is 33.4. The number of thiazole rings is 3. The molecule has 2 fully saturated rings. The molecule has 2 aliphatic heterocycles. The first kappa shape index (κ1) is 33.8. The van der Waals surface area contributed by atoms with E-state index in [0.29, 0.717) is 33.6 Å². The highest BCUT2D eigenvalue weighted by Crippen LogP contribution is 2.47. The van der Waals surface area contributed by atoms with Gasteiger partial charge in [0, 0.05) is 16.1 Å². The van der Waals surface area contributed by atoms with Crippen LogP contribution in [0.15, 0.2) is 16.1 Å². The van der Waals surface area contributed by atoms with Crippen LogP contribution in [-0.2, 0) is 24.5 Å². The molecule has 0 bridgehead atoms. The molecule has 0 radical (unpaired) electrons. The molecule has 3 aromatic rings. The Bertz CT molecular complexity index is 1620. The highest BCUT2D eigenvalue weighted by atomic mass is 32.1. The molecule has 5 atom stereocenters. The third-order valence-electron chi connectivity index (χ3n) is 7.31. The van der Waals surface area contributed by atoms with Crippen molar-refractivity contribution in [2.45, 2.75) is 89.8 Å². The highest BCUT2D eigenvalue weighted by molar-refractivity contribution is 7.10. The van der Waals surface area contributed by atoms with Crippen LogP contribution in [0.4, 0.5) is 9.59 Å². The maximum atomic E-state index is 13.1. The van der Waals surface area contributed by atoms with Gasteiger partial charge in [0.2, 0.25) is 0 Å². The van der Waals surface area contributed by atoms with Crippen LogP contribution in [0, 0.1) is 0 Å². The van der Waals surface area contributed by atoms with Crippen LogP contribution in [-0.4, -0.2) is 68.9 Å². The third kappa shape index (κ3) is 6.78. The molecule has 0 saturated carbocycles. The predicted octanol–water partition coefficient (Wildman–Crippen LogP) is 5.25. The summed E-state index contributed by atoms with van der Waals surface area (Å²) in [6.07, 6.45) is -1.36. The largest absolute Gasteiger partial charge is 0.461 e. The van der Waals surface area contributed by atoms with Gasteiger partial charge in [-0.25, -0.2) is 34.1 Å². The zero-order valence-electron chi connectivity index (χ0n) is 26.2. The average Bonchev–Trinajstić information content (AvgIpc) is 3.79. The van der Waals surface area contributed by atoms with Gasteiger partial charge in [-0.1, -0.05) is 0 Å². The number of carbonyl (C=O) groups excluding carboxylic acids is 4. The first-order valence-corrected chi connectivity index (χ1v) is 17.4. The third-order valence-corrected chi connectivity index (χ3v) is 10.2. The molecule has 5 heterocycles. The van der Waals surface area contributed by atoms with Crippen molar-refractivity contribution in [3.8, 4) is 0 Å². The summed E-state index contributed by atoms with van der Waals surface area (Å²) >= 11 is 3.84. The summed E-state index contributed by atoms with van der Waals surface area (Å²) in [5, 5.41) is 10.3. The number of rotatable bonds is 8. The molecular weight excluding hydrogens is 657 g/mol. The van der Waals surface area contributed by atoms with Crippen LogP contribution >= 0.6 is 34.0 Å². The average molecular weight is 693 g/mol. The molecule has 0 aromatic carbocycles. The lowest BCUT2D eigenvalue weighted by molar-refractivity contribution is 0.0284. The molecule has 0 unspecified atom stereocenters. The molecular formula is C29H36N6O8S3. The van der Waals surface area contributed by atoms with Gasteiger partial charge >= 0.3 is 24.1 Å². The summed E-state index contributed by atoms with van der Waals surface area (Å²) in [5.41, 5.74) is 6.16. The second kappa shape index (κ2) is 13.3. The number of hydrogen-bond donors (Lipinski definition) is 2. The molecule has 46 heavy (non-hydrogen) atoms. The molecule has 0 spiro atoms. The van der Waals surface area contributed by atoms with E-state index in [1.54, 1.807) is 52.3 Å². The van der Waals surface area contributed by atoms with Crippen LogP contribution in [0.2, 0.25) is 0 Å². The van der Waals surface area contributed by atoms with Gasteiger partial charge in [0.25, 0.3) is 0 Å². The van der Waals surface area contributed by atoms with Crippen molar-refractivity contribution in [1.29, 1.82) is 0 Å². The Balaban J connectivity index is 1.50. The number of cyclic esters (lactones) is 1. The first-order valence-electron chi connectivity index (χ1n) is 14.7.